The zero-order chi connectivity index (χ0) is 10.1. The number of ether oxygens (including phenoxy) is 1. The molecule has 0 saturated heterocycles. The predicted molar refractivity (Wildman–Crippen MR) is 50.4 cm³/mol. The van der Waals surface area contributed by atoms with Gasteiger partial charge < -0.3 is 10.5 Å². The molecule has 0 radical (unpaired) electrons. The van der Waals surface area contributed by atoms with Gasteiger partial charge in [0.25, 0.3) is 9.05 Å². The van der Waals surface area contributed by atoms with Crippen LogP contribution in [0.3, 0.4) is 0 Å². The van der Waals surface area contributed by atoms with Crippen molar-refractivity contribution in [2.24, 2.45) is 0 Å². The highest BCUT2D eigenvalue weighted by atomic mass is 35.7. The van der Waals surface area contributed by atoms with Gasteiger partial charge in [-0.15, -0.1) is 0 Å². The molecule has 4 nitrogen and oxygen atoms in total. The minimum absolute atomic E-state index is 0.0348. The molecule has 0 aromatic heterocycles. The maximum atomic E-state index is 10.9. The minimum atomic E-state index is -3.71. The third-order valence-electron chi connectivity index (χ3n) is 1.48. The van der Waals surface area contributed by atoms with Crippen molar-refractivity contribution in [3.63, 3.8) is 0 Å². The summed E-state index contributed by atoms with van der Waals surface area (Å²) in [5, 5.41) is 0. The zero-order valence-electron chi connectivity index (χ0n) is 6.82. The number of nitrogen functional groups attached to an aromatic ring is 1. The second-order valence-corrected chi connectivity index (χ2v) is 4.91. The summed E-state index contributed by atoms with van der Waals surface area (Å²) < 4.78 is 26.6. The van der Waals surface area contributed by atoms with Crippen LogP contribution in [0.15, 0.2) is 23.1 Å². The molecule has 0 bridgehead atoms. The molecule has 0 atom stereocenters. The van der Waals surface area contributed by atoms with Crippen molar-refractivity contribution in [3.8, 4) is 5.75 Å². The topological polar surface area (TPSA) is 69.4 Å². The highest BCUT2D eigenvalue weighted by Crippen LogP contribution is 2.25. The number of benzene rings is 1. The molecule has 1 aromatic carbocycles. The van der Waals surface area contributed by atoms with Crippen molar-refractivity contribution in [1.82, 2.24) is 0 Å². The normalized spacial score (nSPS) is 11.2. The fraction of sp³-hybridized carbons (Fsp3) is 0.143. The van der Waals surface area contributed by atoms with Gasteiger partial charge in [-0.2, -0.15) is 0 Å². The molecular formula is C7H8ClNO3S. The lowest BCUT2D eigenvalue weighted by Gasteiger charge is -2.04. The molecule has 0 saturated carbocycles. The number of rotatable bonds is 2. The number of anilines is 1. The molecule has 1 aromatic rings. The molecule has 6 heteroatoms. The van der Waals surface area contributed by atoms with Crippen molar-refractivity contribution >= 4 is 25.4 Å². The smallest absolute Gasteiger partial charge is 0.261 e. The first-order valence-electron chi connectivity index (χ1n) is 3.33. The minimum Gasteiger partial charge on any atom is -0.495 e. The average molecular weight is 222 g/mol. The van der Waals surface area contributed by atoms with Crippen LogP contribution in [0.2, 0.25) is 0 Å². The summed E-state index contributed by atoms with van der Waals surface area (Å²) in [4.78, 5) is -0.0348. The third-order valence-corrected chi connectivity index (χ3v) is 2.83. The average Bonchev–Trinajstić information content (AvgIpc) is 2.02. The SMILES string of the molecule is COc1ccc(S(=O)(=O)Cl)cc1N. The van der Waals surface area contributed by atoms with Crippen LogP contribution >= 0.6 is 10.7 Å². The molecule has 0 heterocycles. The summed E-state index contributed by atoms with van der Waals surface area (Å²) in [5.74, 6) is 0.420. The number of nitrogens with two attached hydrogens (primary N) is 1. The summed E-state index contributed by atoms with van der Waals surface area (Å²) in [5.41, 5.74) is 5.72. The van der Waals surface area contributed by atoms with E-state index in [0.717, 1.165) is 0 Å². The third kappa shape index (κ3) is 2.26. The molecule has 0 aliphatic rings. The summed E-state index contributed by atoms with van der Waals surface area (Å²) in [7, 11) is 2.83. The Kier molecular flexibility index (Phi) is 2.68. The van der Waals surface area contributed by atoms with E-state index in [2.05, 4.69) is 0 Å². The summed E-state index contributed by atoms with van der Waals surface area (Å²) >= 11 is 0. The van der Waals surface area contributed by atoms with Gasteiger partial charge in [-0.1, -0.05) is 0 Å². The van der Waals surface area contributed by atoms with E-state index in [9.17, 15) is 8.42 Å². The van der Waals surface area contributed by atoms with Crippen molar-refractivity contribution < 1.29 is 13.2 Å². The Morgan fingerprint density at radius 1 is 1.46 bits per heavy atom. The number of hydrogen-bond acceptors (Lipinski definition) is 4. The van der Waals surface area contributed by atoms with Gasteiger partial charge in [0.1, 0.15) is 5.75 Å². The second kappa shape index (κ2) is 3.43. The Bertz CT molecular complexity index is 416. The zero-order valence-corrected chi connectivity index (χ0v) is 8.39. The van der Waals surface area contributed by atoms with Crippen LogP contribution in [-0.4, -0.2) is 15.5 Å². The summed E-state index contributed by atoms with van der Waals surface area (Å²) in [6.07, 6.45) is 0. The number of halogens is 1. The summed E-state index contributed by atoms with van der Waals surface area (Å²) in [6.45, 7) is 0. The maximum absolute atomic E-state index is 10.9. The molecule has 1 rings (SSSR count). The largest absolute Gasteiger partial charge is 0.495 e. The van der Waals surface area contributed by atoms with Crippen LogP contribution in [0.5, 0.6) is 5.75 Å². The van der Waals surface area contributed by atoms with Crippen molar-refractivity contribution in [3.05, 3.63) is 18.2 Å². The van der Waals surface area contributed by atoms with Gasteiger partial charge in [0.2, 0.25) is 0 Å². The molecular weight excluding hydrogens is 214 g/mol. The highest BCUT2D eigenvalue weighted by Gasteiger charge is 2.11. The predicted octanol–water partition coefficient (Wildman–Crippen LogP) is 1.20. The Balaban J connectivity index is 3.26. The van der Waals surface area contributed by atoms with Gasteiger partial charge >= 0.3 is 0 Å². The van der Waals surface area contributed by atoms with Gasteiger partial charge in [0.05, 0.1) is 17.7 Å². The van der Waals surface area contributed by atoms with E-state index in [0.29, 0.717) is 5.75 Å². The van der Waals surface area contributed by atoms with Crippen LogP contribution in [0.4, 0.5) is 5.69 Å². The van der Waals surface area contributed by atoms with Gasteiger partial charge in [-0.3, -0.25) is 0 Å². The molecule has 2 N–H and O–H groups in total. The van der Waals surface area contributed by atoms with E-state index in [1.165, 1.54) is 25.3 Å². The van der Waals surface area contributed by atoms with Crippen LogP contribution in [-0.2, 0) is 9.05 Å². The van der Waals surface area contributed by atoms with E-state index in [-0.39, 0.29) is 10.6 Å². The molecule has 13 heavy (non-hydrogen) atoms. The molecule has 0 aliphatic carbocycles. The van der Waals surface area contributed by atoms with Gasteiger partial charge in [-0.05, 0) is 18.2 Å². The van der Waals surface area contributed by atoms with E-state index >= 15 is 0 Å². The lowest BCUT2D eigenvalue weighted by Crippen LogP contribution is -1.96. The fourth-order valence-electron chi connectivity index (χ4n) is 0.864. The Morgan fingerprint density at radius 2 is 2.08 bits per heavy atom. The van der Waals surface area contributed by atoms with E-state index in [4.69, 9.17) is 21.2 Å². The van der Waals surface area contributed by atoms with Crippen molar-refractivity contribution in [1.29, 1.82) is 0 Å². The molecule has 0 aliphatic heterocycles. The van der Waals surface area contributed by atoms with Crippen molar-refractivity contribution in [2.75, 3.05) is 12.8 Å². The lowest BCUT2D eigenvalue weighted by atomic mass is 10.3. The van der Waals surface area contributed by atoms with Crippen molar-refractivity contribution in [2.45, 2.75) is 4.90 Å². The van der Waals surface area contributed by atoms with E-state index < -0.39 is 9.05 Å². The first-order chi connectivity index (χ1) is 5.95. The Hall–Kier alpha value is -0.940. The fourth-order valence-corrected chi connectivity index (χ4v) is 1.65. The highest BCUT2D eigenvalue weighted by molar-refractivity contribution is 8.13. The molecule has 72 valence electrons. The number of methoxy groups -OCH3 is 1. The molecule has 0 spiro atoms. The van der Waals surface area contributed by atoms with Gasteiger partial charge in [0, 0.05) is 10.7 Å². The first kappa shape index (κ1) is 10.1. The Labute approximate surface area is 80.7 Å². The monoisotopic (exact) mass is 221 g/mol. The van der Waals surface area contributed by atoms with Crippen LogP contribution < -0.4 is 10.5 Å². The molecule has 0 amide bonds. The van der Waals surface area contributed by atoms with Crippen LogP contribution in [0.25, 0.3) is 0 Å². The van der Waals surface area contributed by atoms with Crippen LogP contribution in [0, 0.1) is 0 Å². The Morgan fingerprint density at radius 3 is 2.46 bits per heavy atom. The van der Waals surface area contributed by atoms with Gasteiger partial charge in [0.15, 0.2) is 0 Å². The second-order valence-electron chi connectivity index (χ2n) is 2.34. The lowest BCUT2D eigenvalue weighted by molar-refractivity contribution is 0.416. The molecule has 0 unspecified atom stereocenters. The maximum Gasteiger partial charge on any atom is 0.261 e. The van der Waals surface area contributed by atoms with Crippen LogP contribution in [0.1, 0.15) is 0 Å². The molecule has 0 fully saturated rings. The standard InChI is InChI=1S/C7H8ClNO3S/c1-12-7-3-2-5(4-6(7)9)13(8,10)11/h2-4H,9H2,1H3. The summed E-state index contributed by atoms with van der Waals surface area (Å²) in [6, 6.07) is 4.03. The van der Waals surface area contributed by atoms with Gasteiger partial charge in [-0.25, -0.2) is 8.42 Å². The quantitative estimate of drug-likeness (QED) is 0.602. The first-order valence-corrected chi connectivity index (χ1v) is 5.64. The number of hydrogen-bond donors (Lipinski definition) is 1. The van der Waals surface area contributed by atoms with E-state index in [1.807, 2.05) is 0 Å². The van der Waals surface area contributed by atoms with E-state index in [1.54, 1.807) is 0 Å².